The van der Waals surface area contributed by atoms with Gasteiger partial charge in [0.05, 0.1) is 18.2 Å². The molecular formula is C31H31N5O3. The predicted molar refractivity (Wildman–Crippen MR) is 150 cm³/mol. The van der Waals surface area contributed by atoms with Gasteiger partial charge < -0.3 is 20.7 Å². The van der Waals surface area contributed by atoms with Gasteiger partial charge in [-0.05, 0) is 84.0 Å². The van der Waals surface area contributed by atoms with Crippen LogP contribution in [0, 0.1) is 25.2 Å². The number of H-pyrrole nitrogens is 1. The maximum Gasteiger partial charge on any atom is 0.326 e. The molecule has 1 atom stereocenters. The Bertz CT molecular complexity index is 1530. The van der Waals surface area contributed by atoms with Gasteiger partial charge in [-0.3, -0.25) is 4.79 Å². The molecule has 1 amide bonds. The van der Waals surface area contributed by atoms with Crippen LogP contribution in [0.1, 0.15) is 50.8 Å². The summed E-state index contributed by atoms with van der Waals surface area (Å²) in [7, 11) is 0. The summed E-state index contributed by atoms with van der Waals surface area (Å²) in [6.45, 7) is 6.28. The van der Waals surface area contributed by atoms with Crippen LogP contribution in [0.5, 0.6) is 0 Å². The monoisotopic (exact) mass is 521 g/mol. The summed E-state index contributed by atoms with van der Waals surface area (Å²) in [4.78, 5) is 32.7. The topological polar surface area (TPSA) is 131 Å². The van der Waals surface area contributed by atoms with E-state index in [2.05, 4.69) is 32.7 Å². The highest BCUT2D eigenvalue weighted by Crippen LogP contribution is 2.23. The van der Waals surface area contributed by atoms with Crippen molar-refractivity contribution in [2.24, 2.45) is 0 Å². The lowest BCUT2D eigenvalue weighted by atomic mass is 9.95. The molecule has 1 unspecified atom stereocenters. The maximum atomic E-state index is 13.1. The van der Waals surface area contributed by atoms with Crippen molar-refractivity contribution in [3.05, 3.63) is 106 Å². The Balaban J connectivity index is 1.42. The second kappa shape index (κ2) is 12.1. The van der Waals surface area contributed by atoms with Crippen molar-refractivity contribution in [3.8, 4) is 17.2 Å². The van der Waals surface area contributed by atoms with E-state index in [9.17, 15) is 20.0 Å². The molecule has 0 aliphatic carbocycles. The minimum absolute atomic E-state index is 0.143. The number of carbonyl (C=O) groups is 2. The molecule has 0 saturated heterocycles. The first-order valence-electron chi connectivity index (χ1n) is 12.8. The lowest BCUT2D eigenvalue weighted by Crippen LogP contribution is -2.42. The summed E-state index contributed by atoms with van der Waals surface area (Å²) < 4.78 is 0. The van der Waals surface area contributed by atoms with Crippen LogP contribution in [0.25, 0.3) is 11.1 Å². The Morgan fingerprint density at radius 3 is 2.51 bits per heavy atom. The Labute approximate surface area is 227 Å². The number of rotatable bonds is 10. The number of aromatic amines is 1. The van der Waals surface area contributed by atoms with Crippen molar-refractivity contribution in [2.75, 3.05) is 5.32 Å². The molecule has 4 aromatic rings. The van der Waals surface area contributed by atoms with Gasteiger partial charge in [-0.15, -0.1) is 0 Å². The van der Waals surface area contributed by atoms with Gasteiger partial charge in [-0.25, -0.2) is 9.78 Å². The number of carboxylic acids is 1. The van der Waals surface area contributed by atoms with Crippen LogP contribution >= 0.6 is 0 Å². The quantitative estimate of drug-likeness (QED) is 0.228. The van der Waals surface area contributed by atoms with Crippen molar-refractivity contribution >= 4 is 17.7 Å². The van der Waals surface area contributed by atoms with E-state index >= 15 is 0 Å². The van der Waals surface area contributed by atoms with E-state index in [1.54, 1.807) is 25.3 Å². The normalized spacial score (nSPS) is 11.4. The Morgan fingerprint density at radius 1 is 1.08 bits per heavy atom. The number of carbonyl (C=O) groups excluding carboxylic acids is 1. The van der Waals surface area contributed by atoms with Gasteiger partial charge in [0, 0.05) is 30.1 Å². The molecule has 8 heteroatoms. The van der Waals surface area contributed by atoms with Crippen LogP contribution in [0.2, 0.25) is 0 Å². The summed E-state index contributed by atoms with van der Waals surface area (Å²) in [5.74, 6) is -0.745. The Hall–Kier alpha value is -4.90. The first kappa shape index (κ1) is 27.1. The summed E-state index contributed by atoms with van der Waals surface area (Å²) in [6, 6.07) is 18.0. The largest absolute Gasteiger partial charge is 0.480 e. The Kier molecular flexibility index (Phi) is 8.42. The molecule has 0 saturated carbocycles. The molecule has 0 bridgehead atoms. The van der Waals surface area contributed by atoms with Crippen LogP contribution < -0.4 is 10.6 Å². The van der Waals surface area contributed by atoms with Crippen LogP contribution in [0.3, 0.4) is 0 Å². The number of carboxylic acid groups (broad SMARTS) is 1. The number of nitriles is 1. The first-order chi connectivity index (χ1) is 18.8. The van der Waals surface area contributed by atoms with Crippen molar-refractivity contribution in [1.82, 2.24) is 15.3 Å². The van der Waals surface area contributed by atoms with E-state index in [0.717, 1.165) is 33.8 Å². The van der Waals surface area contributed by atoms with E-state index in [-0.39, 0.29) is 6.42 Å². The van der Waals surface area contributed by atoms with Gasteiger partial charge in [0.15, 0.2) is 0 Å². The number of hydrogen-bond acceptors (Lipinski definition) is 5. The zero-order chi connectivity index (χ0) is 27.9. The molecule has 2 aromatic heterocycles. The third kappa shape index (κ3) is 6.70. The zero-order valence-electron chi connectivity index (χ0n) is 22.2. The first-order valence-corrected chi connectivity index (χ1v) is 12.8. The molecule has 39 heavy (non-hydrogen) atoms. The van der Waals surface area contributed by atoms with E-state index < -0.39 is 17.9 Å². The summed E-state index contributed by atoms with van der Waals surface area (Å²) in [5, 5.41) is 25.0. The van der Waals surface area contributed by atoms with Gasteiger partial charge >= 0.3 is 5.97 Å². The number of nitrogens with one attached hydrogen (secondary N) is 3. The lowest BCUT2D eigenvalue weighted by molar-refractivity contribution is -0.139. The standard InChI is InChI=1S/C31H31N5O3/c1-4-23-13-22(16-32)12-20(3)29(23)30(37)36-27(31(38)39)14-21-5-7-24(8-6-21)25-15-26(34-17-25)18-35-28-11-19(2)9-10-33-28/h5-13,15,17,27,34H,4,14,18H2,1-3H3,(H,33,35)(H,36,37)(H,38,39). The number of aromatic nitrogens is 2. The lowest BCUT2D eigenvalue weighted by Gasteiger charge is -2.18. The number of anilines is 1. The van der Waals surface area contributed by atoms with Crippen molar-refractivity contribution in [1.29, 1.82) is 5.26 Å². The molecule has 8 nitrogen and oxygen atoms in total. The smallest absolute Gasteiger partial charge is 0.326 e. The molecule has 0 aliphatic rings. The minimum Gasteiger partial charge on any atom is -0.480 e. The molecule has 4 rings (SSSR count). The molecule has 0 radical (unpaired) electrons. The summed E-state index contributed by atoms with van der Waals surface area (Å²) in [5.41, 5.74) is 7.21. The van der Waals surface area contributed by atoms with Gasteiger partial charge in [0.2, 0.25) is 0 Å². The van der Waals surface area contributed by atoms with E-state index in [1.807, 2.05) is 56.4 Å². The van der Waals surface area contributed by atoms with E-state index in [1.165, 1.54) is 0 Å². The molecule has 0 spiro atoms. The van der Waals surface area contributed by atoms with Crippen molar-refractivity contribution in [3.63, 3.8) is 0 Å². The molecule has 198 valence electrons. The van der Waals surface area contributed by atoms with Gasteiger partial charge in [0.1, 0.15) is 11.9 Å². The van der Waals surface area contributed by atoms with Crippen LogP contribution in [0.15, 0.2) is 67.0 Å². The second-order valence-corrected chi connectivity index (χ2v) is 9.54. The second-order valence-electron chi connectivity index (χ2n) is 9.54. The molecule has 0 aliphatic heterocycles. The number of aryl methyl sites for hydroxylation is 3. The zero-order valence-corrected chi connectivity index (χ0v) is 22.2. The SMILES string of the molecule is CCc1cc(C#N)cc(C)c1C(=O)NC(Cc1ccc(-c2c[nH]c(CNc3cc(C)ccn3)c2)cc1)C(=O)O. The summed E-state index contributed by atoms with van der Waals surface area (Å²) >= 11 is 0. The van der Waals surface area contributed by atoms with Crippen LogP contribution in [0.4, 0.5) is 5.82 Å². The number of pyridine rings is 1. The van der Waals surface area contributed by atoms with Gasteiger partial charge in [-0.1, -0.05) is 31.2 Å². The number of nitrogens with zero attached hydrogens (tertiary/aromatic N) is 2. The summed E-state index contributed by atoms with van der Waals surface area (Å²) in [6.07, 6.45) is 4.40. The fourth-order valence-corrected chi connectivity index (χ4v) is 4.56. The molecule has 2 heterocycles. The van der Waals surface area contributed by atoms with Gasteiger partial charge in [0.25, 0.3) is 5.91 Å². The van der Waals surface area contributed by atoms with E-state index in [4.69, 9.17) is 0 Å². The number of benzene rings is 2. The van der Waals surface area contributed by atoms with E-state index in [0.29, 0.717) is 35.2 Å². The molecule has 0 fully saturated rings. The van der Waals surface area contributed by atoms with Crippen LogP contribution in [-0.2, 0) is 24.2 Å². The average Bonchev–Trinajstić information content (AvgIpc) is 3.40. The maximum absolute atomic E-state index is 13.1. The number of hydrogen-bond donors (Lipinski definition) is 4. The Morgan fingerprint density at radius 2 is 1.85 bits per heavy atom. The van der Waals surface area contributed by atoms with Crippen LogP contribution in [-0.4, -0.2) is 33.0 Å². The number of aliphatic carboxylic acids is 1. The van der Waals surface area contributed by atoms with Crippen molar-refractivity contribution in [2.45, 2.75) is 46.2 Å². The number of amides is 1. The third-order valence-corrected chi connectivity index (χ3v) is 6.60. The molecule has 2 aromatic carbocycles. The highest BCUT2D eigenvalue weighted by Gasteiger charge is 2.24. The average molecular weight is 522 g/mol. The predicted octanol–water partition coefficient (Wildman–Crippen LogP) is 5.17. The highest BCUT2D eigenvalue weighted by molar-refractivity contribution is 5.99. The fraction of sp³-hybridized carbons (Fsp3) is 0.226. The molecule has 4 N–H and O–H groups in total. The minimum atomic E-state index is -1.11. The third-order valence-electron chi connectivity index (χ3n) is 6.60. The fourth-order valence-electron chi connectivity index (χ4n) is 4.56. The van der Waals surface area contributed by atoms with Gasteiger partial charge in [-0.2, -0.15) is 5.26 Å². The van der Waals surface area contributed by atoms with Crippen molar-refractivity contribution < 1.29 is 14.7 Å². The highest BCUT2D eigenvalue weighted by atomic mass is 16.4. The molecular weight excluding hydrogens is 490 g/mol.